The molecule has 1 aliphatic carbocycles. The topological polar surface area (TPSA) is 40.5 Å². The first-order valence-electron chi connectivity index (χ1n) is 7.02. The molecule has 0 radical (unpaired) electrons. The Hall–Kier alpha value is -1.51. The van der Waals surface area contributed by atoms with Gasteiger partial charge < -0.3 is 10.0 Å². The third-order valence-corrected chi connectivity index (χ3v) is 5.33. The van der Waals surface area contributed by atoms with Crippen molar-refractivity contribution >= 4 is 5.91 Å². The minimum atomic E-state index is 0.0810. The van der Waals surface area contributed by atoms with Crippen LogP contribution in [0.3, 0.4) is 0 Å². The predicted octanol–water partition coefficient (Wildman–Crippen LogP) is 2.68. The Morgan fingerprint density at radius 3 is 2.63 bits per heavy atom. The molecule has 102 valence electrons. The minimum absolute atomic E-state index is 0.0810. The predicted molar refractivity (Wildman–Crippen MR) is 74.0 cm³/mol. The smallest absolute Gasteiger partial charge is 0.219 e. The number of aromatic hydroxyl groups is 1. The van der Waals surface area contributed by atoms with E-state index in [9.17, 15) is 9.90 Å². The van der Waals surface area contributed by atoms with Gasteiger partial charge >= 0.3 is 0 Å². The van der Waals surface area contributed by atoms with Crippen LogP contribution < -0.4 is 0 Å². The quantitative estimate of drug-likeness (QED) is 0.842. The van der Waals surface area contributed by atoms with E-state index >= 15 is 0 Å². The molecule has 3 heteroatoms. The SMILES string of the molecule is CC(=O)N1CC[C@@](C)(c2cccc(O)c2)C2(CC2)C1. The van der Waals surface area contributed by atoms with Crippen LogP contribution in [-0.2, 0) is 10.2 Å². The van der Waals surface area contributed by atoms with Crippen LogP contribution in [0.1, 0.15) is 38.7 Å². The maximum atomic E-state index is 11.6. The number of benzene rings is 1. The summed E-state index contributed by atoms with van der Waals surface area (Å²) in [6.45, 7) is 5.65. The number of phenols is 1. The minimum Gasteiger partial charge on any atom is -0.508 e. The van der Waals surface area contributed by atoms with Gasteiger partial charge in [-0.2, -0.15) is 0 Å². The third kappa shape index (κ3) is 1.83. The van der Waals surface area contributed by atoms with Crippen LogP contribution in [0.2, 0.25) is 0 Å². The van der Waals surface area contributed by atoms with E-state index in [1.807, 2.05) is 17.0 Å². The van der Waals surface area contributed by atoms with Crippen molar-refractivity contribution in [2.45, 2.75) is 38.5 Å². The highest BCUT2D eigenvalue weighted by atomic mass is 16.3. The molecule has 0 aromatic heterocycles. The molecule has 1 aromatic rings. The van der Waals surface area contributed by atoms with Gasteiger partial charge in [0.2, 0.25) is 5.91 Å². The summed E-state index contributed by atoms with van der Waals surface area (Å²) >= 11 is 0. The normalized spacial score (nSPS) is 28.4. The van der Waals surface area contributed by atoms with Gasteiger partial charge in [0.25, 0.3) is 0 Å². The summed E-state index contributed by atoms with van der Waals surface area (Å²) in [5.41, 5.74) is 1.52. The molecule has 1 N–H and O–H groups in total. The number of hydrogen-bond acceptors (Lipinski definition) is 2. The molecule has 1 spiro atoms. The van der Waals surface area contributed by atoms with Crippen LogP contribution in [0.4, 0.5) is 0 Å². The molecule has 0 bridgehead atoms. The van der Waals surface area contributed by atoms with Gasteiger partial charge in [-0.15, -0.1) is 0 Å². The van der Waals surface area contributed by atoms with Gasteiger partial charge in [0.05, 0.1) is 0 Å². The largest absolute Gasteiger partial charge is 0.508 e. The van der Waals surface area contributed by atoms with Gasteiger partial charge in [-0.05, 0) is 42.4 Å². The summed E-state index contributed by atoms with van der Waals surface area (Å²) in [6, 6.07) is 7.65. The summed E-state index contributed by atoms with van der Waals surface area (Å²) in [6.07, 6.45) is 3.35. The van der Waals surface area contributed by atoms with Crippen LogP contribution in [0.15, 0.2) is 24.3 Å². The molecule has 3 nitrogen and oxygen atoms in total. The molecule has 1 aliphatic heterocycles. The zero-order valence-electron chi connectivity index (χ0n) is 11.6. The molecular formula is C16H21NO2. The summed E-state index contributed by atoms with van der Waals surface area (Å²) in [7, 11) is 0. The van der Waals surface area contributed by atoms with Gasteiger partial charge in [-0.25, -0.2) is 0 Å². The highest BCUT2D eigenvalue weighted by Gasteiger charge is 2.60. The van der Waals surface area contributed by atoms with Crippen molar-refractivity contribution in [3.63, 3.8) is 0 Å². The lowest BCUT2D eigenvalue weighted by Crippen LogP contribution is -2.51. The number of piperidine rings is 1. The molecule has 1 amide bonds. The zero-order chi connectivity index (χ0) is 13.7. The van der Waals surface area contributed by atoms with Crippen LogP contribution in [0.5, 0.6) is 5.75 Å². The molecule has 2 aliphatic rings. The molecule has 0 unspecified atom stereocenters. The van der Waals surface area contributed by atoms with Gasteiger partial charge in [-0.1, -0.05) is 19.1 Å². The lowest BCUT2D eigenvalue weighted by atomic mass is 9.64. The van der Waals surface area contributed by atoms with Gasteiger partial charge in [0, 0.05) is 25.4 Å². The second-order valence-corrected chi connectivity index (χ2v) is 6.35. The monoisotopic (exact) mass is 259 g/mol. The van der Waals surface area contributed by atoms with E-state index in [1.54, 1.807) is 13.0 Å². The Balaban J connectivity index is 1.95. The Kier molecular flexibility index (Phi) is 2.63. The maximum Gasteiger partial charge on any atom is 0.219 e. The summed E-state index contributed by atoms with van der Waals surface area (Å²) in [4.78, 5) is 13.6. The Bertz CT molecular complexity index is 521. The summed E-state index contributed by atoms with van der Waals surface area (Å²) in [5, 5.41) is 9.72. The zero-order valence-corrected chi connectivity index (χ0v) is 11.6. The Morgan fingerprint density at radius 2 is 2.05 bits per heavy atom. The Morgan fingerprint density at radius 1 is 1.32 bits per heavy atom. The number of hydrogen-bond donors (Lipinski definition) is 1. The van der Waals surface area contributed by atoms with Crippen molar-refractivity contribution in [3.8, 4) is 5.75 Å². The molecule has 1 saturated heterocycles. The highest BCUT2D eigenvalue weighted by Crippen LogP contribution is 2.63. The van der Waals surface area contributed by atoms with Crippen molar-refractivity contribution in [2.24, 2.45) is 5.41 Å². The van der Waals surface area contributed by atoms with E-state index in [0.29, 0.717) is 5.75 Å². The van der Waals surface area contributed by atoms with Crippen LogP contribution in [-0.4, -0.2) is 29.0 Å². The van der Waals surface area contributed by atoms with Gasteiger partial charge in [0.15, 0.2) is 0 Å². The molecule has 19 heavy (non-hydrogen) atoms. The van der Waals surface area contributed by atoms with E-state index in [4.69, 9.17) is 0 Å². The number of amides is 1. The number of likely N-dealkylation sites (tertiary alicyclic amines) is 1. The molecule has 1 saturated carbocycles. The highest BCUT2D eigenvalue weighted by molar-refractivity contribution is 5.73. The summed E-state index contributed by atoms with van der Waals surface area (Å²) < 4.78 is 0. The average molecular weight is 259 g/mol. The van der Waals surface area contributed by atoms with Crippen molar-refractivity contribution in [1.82, 2.24) is 4.90 Å². The molecule has 2 fully saturated rings. The summed E-state index contributed by atoms with van der Waals surface area (Å²) in [5.74, 6) is 0.521. The molecule has 3 rings (SSSR count). The van der Waals surface area contributed by atoms with E-state index in [1.165, 1.54) is 18.4 Å². The molecule has 1 heterocycles. The van der Waals surface area contributed by atoms with E-state index in [-0.39, 0.29) is 16.7 Å². The first-order valence-corrected chi connectivity index (χ1v) is 7.02. The fraction of sp³-hybridized carbons (Fsp3) is 0.562. The van der Waals surface area contributed by atoms with Crippen molar-refractivity contribution in [2.75, 3.05) is 13.1 Å². The average Bonchev–Trinajstić information content (AvgIpc) is 3.14. The second-order valence-electron chi connectivity index (χ2n) is 6.35. The van der Waals surface area contributed by atoms with Crippen molar-refractivity contribution in [3.05, 3.63) is 29.8 Å². The van der Waals surface area contributed by atoms with Crippen molar-refractivity contribution in [1.29, 1.82) is 0 Å². The molecular weight excluding hydrogens is 238 g/mol. The van der Waals surface area contributed by atoms with Crippen LogP contribution in [0.25, 0.3) is 0 Å². The van der Waals surface area contributed by atoms with Crippen LogP contribution in [0, 0.1) is 5.41 Å². The van der Waals surface area contributed by atoms with E-state index in [0.717, 1.165) is 19.5 Å². The van der Waals surface area contributed by atoms with Gasteiger partial charge in [0.1, 0.15) is 5.75 Å². The fourth-order valence-electron chi connectivity index (χ4n) is 3.67. The lowest BCUT2D eigenvalue weighted by Gasteiger charge is -2.47. The Labute approximate surface area is 114 Å². The van der Waals surface area contributed by atoms with E-state index in [2.05, 4.69) is 13.0 Å². The number of carbonyl (C=O) groups is 1. The molecule has 1 atom stereocenters. The third-order valence-electron chi connectivity index (χ3n) is 5.33. The van der Waals surface area contributed by atoms with Crippen LogP contribution >= 0.6 is 0 Å². The molecule has 1 aromatic carbocycles. The fourth-order valence-corrected chi connectivity index (χ4v) is 3.67. The lowest BCUT2D eigenvalue weighted by molar-refractivity contribution is -0.132. The van der Waals surface area contributed by atoms with Crippen molar-refractivity contribution < 1.29 is 9.90 Å². The first-order chi connectivity index (χ1) is 8.97. The van der Waals surface area contributed by atoms with Gasteiger partial charge in [-0.3, -0.25) is 4.79 Å². The van der Waals surface area contributed by atoms with E-state index < -0.39 is 0 Å². The number of rotatable bonds is 1. The standard InChI is InChI=1S/C16H21NO2/c1-12(18)17-9-8-15(2,16(11-17)6-7-16)13-4-3-5-14(19)10-13/h3-5,10,19H,6-9,11H2,1-2H3/t15-/m0/s1. The maximum absolute atomic E-state index is 11.6. The second kappa shape index (κ2) is 3.99. The number of carbonyl (C=O) groups excluding carboxylic acids is 1. The number of phenolic OH excluding ortho intramolecular Hbond substituents is 1. The number of nitrogens with zero attached hydrogens (tertiary/aromatic N) is 1. The first kappa shape index (κ1) is 12.5.